The Morgan fingerprint density at radius 1 is 1.30 bits per heavy atom. The van der Waals surface area contributed by atoms with Gasteiger partial charge in [0.2, 0.25) is 5.91 Å². The number of nitrogens with two attached hydrogens (primary N) is 1. The summed E-state index contributed by atoms with van der Waals surface area (Å²) >= 11 is 12.0. The van der Waals surface area contributed by atoms with Crippen molar-refractivity contribution in [1.82, 2.24) is 10.2 Å². The molecule has 0 bridgehead atoms. The average Bonchev–Trinajstić information content (AvgIpc) is 2.52. The summed E-state index contributed by atoms with van der Waals surface area (Å²) in [6.45, 7) is 6.67. The predicted molar refractivity (Wildman–Crippen MR) is 95.7 cm³/mol. The van der Waals surface area contributed by atoms with E-state index in [1.807, 2.05) is 32.0 Å². The second kappa shape index (κ2) is 8.34. The number of amides is 1. The summed E-state index contributed by atoms with van der Waals surface area (Å²) in [6, 6.07) is 5.55. The minimum absolute atomic E-state index is 0.0390. The van der Waals surface area contributed by atoms with Crippen molar-refractivity contribution in [3.05, 3.63) is 33.8 Å². The number of nitrogens with zero attached hydrogens (tertiary/aromatic N) is 1. The van der Waals surface area contributed by atoms with Crippen molar-refractivity contribution in [3.63, 3.8) is 0 Å². The molecule has 1 heterocycles. The molecule has 3 N–H and O–H groups in total. The van der Waals surface area contributed by atoms with E-state index in [1.165, 1.54) is 0 Å². The Balaban J connectivity index is 1.79. The van der Waals surface area contributed by atoms with Gasteiger partial charge in [-0.2, -0.15) is 0 Å². The van der Waals surface area contributed by atoms with Crippen LogP contribution >= 0.6 is 23.2 Å². The Morgan fingerprint density at radius 3 is 2.52 bits per heavy atom. The Labute approximate surface area is 148 Å². The molecule has 1 aliphatic heterocycles. The van der Waals surface area contributed by atoms with Crippen LogP contribution in [0.2, 0.25) is 10.0 Å². The summed E-state index contributed by atoms with van der Waals surface area (Å²) in [5, 5.41) is 4.25. The van der Waals surface area contributed by atoms with Crippen LogP contribution in [0.4, 0.5) is 0 Å². The van der Waals surface area contributed by atoms with E-state index >= 15 is 0 Å². The molecule has 1 amide bonds. The molecule has 1 fully saturated rings. The van der Waals surface area contributed by atoms with Gasteiger partial charge in [0.15, 0.2) is 0 Å². The second-order valence-corrected chi connectivity index (χ2v) is 7.39. The number of carbonyl (C=O) groups excluding carboxylic acids is 1. The van der Waals surface area contributed by atoms with Crippen LogP contribution in [0.3, 0.4) is 0 Å². The summed E-state index contributed by atoms with van der Waals surface area (Å²) in [5.41, 5.74) is 7.04. The summed E-state index contributed by atoms with van der Waals surface area (Å²) < 4.78 is 0. The van der Waals surface area contributed by atoms with Gasteiger partial charge in [-0.3, -0.25) is 9.69 Å². The molecule has 1 saturated heterocycles. The topological polar surface area (TPSA) is 58.4 Å². The molecule has 0 unspecified atom stereocenters. The molecule has 0 radical (unpaired) electrons. The molecule has 1 atom stereocenters. The van der Waals surface area contributed by atoms with Gasteiger partial charge in [0.05, 0.1) is 16.1 Å². The van der Waals surface area contributed by atoms with Crippen molar-refractivity contribution >= 4 is 29.1 Å². The summed E-state index contributed by atoms with van der Waals surface area (Å²) in [7, 11) is 0. The number of hydrogen-bond donors (Lipinski definition) is 2. The SMILES string of the molecule is CC(C)[C@H](N)C(=O)NC1CCN(Cc2ccc(Cl)c(Cl)c2)CC1. The summed E-state index contributed by atoms with van der Waals surface area (Å²) in [4.78, 5) is 14.4. The molecule has 0 aromatic heterocycles. The van der Waals surface area contributed by atoms with Crippen LogP contribution in [0.1, 0.15) is 32.3 Å². The smallest absolute Gasteiger partial charge is 0.237 e. The number of hydrogen-bond acceptors (Lipinski definition) is 3. The molecule has 0 saturated carbocycles. The standard InChI is InChI=1S/C17H25Cl2N3O/c1-11(2)16(20)17(23)21-13-5-7-22(8-6-13)10-12-3-4-14(18)15(19)9-12/h3-4,9,11,13,16H,5-8,10,20H2,1-2H3,(H,21,23)/t16-/m0/s1. The first-order chi connectivity index (χ1) is 10.9. The first-order valence-corrected chi connectivity index (χ1v) is 8.84. The third-order valence-corrected chi connectivity index (χ3v) is 5.08. The summed E-state index contributed by atoms with van der Waals surface area (Å²) in [5.74, 6) is 0.118. The lowest BCUT2D eigenvalue weighted by atomic mass is 10.0. The molecular weight excluding hydrogens is 333 g/mol. The quantitative estimate of drug-likeness (QED) is 0.851. The Kier molecular flexibility index (Phi) is 6.72. The van der Waals surface area contributed by atoms with E-state index < -0.39 is 6.04 Å². The van der Waals surface area contributed by atoms with Crippen LogP contribution in [0.5, 0.6) is 0 Å². The Hall–Kier alpha value is -0.810. The molecule has 23 heavy (non-hydrogen) atoms. The first-order valence-electron chi connectivity index (χ1n) is 8.09. The Bertz CT molecular complexity index is 543. The van der Waals surface area contributed by atoms with Gasteiger partial charge in [0.25, 0.3) is 0 Å². The lowest BCUT2D eigenvalue weighted by molar-refractivity contribution is -0.124. The van der Waals surface area contributed by atoms with E-state index in [4.69, 9.17) is 28.9 Å². The van der Waals surface area contributed by atoms with Crippen LogP contribution in [0.15, 0.2) is 18.2 Å². The van der Waals surface area contributed by atoms with Crippen LogP contribution in [-0.2, 0) is 11.3 Å². The van der Waals surface area contributed by atoms with Crippen molar-refractivity contribution in [1.29, 1.82) is 0 Å². The normalized spacial score (nSPS) is 18.2. The maximum Gasteiger partial charge on any atom is 0.237 e. The van der Waals surface area contributed by atoms with E-state index in [1.54, 1.807) is 0 Å². The molecule has 0 aliphatic carbocycles. The molecule has 2 rings (SSSR count). The number of likely N-dealkylation sites (tertiary alicyclic amines) is 1. The van der Waals surface area contributed by atoms with Crippen molar-refractivity contribution in [2.75, 3.05) is 13.1 Å². The van der Waals surface area contributed by atoms with E-state index in [9.17, 15) is 4.79 Å². The summed E-state index contributed by atoms with van der Waals surface area (Å²) in [6.07, 6.45) is 1.88. The van der Waals surface area contributed by atoms with Gasteiger partial charge in [-0.15, -0.1) is 0 Å². The second-order valence-electron chi connectivity index (χ2n) is 6.58. The van der Waals surface area contributed by atoms with Crippen LogP contribution < -0.4 is 11.1 Å². The lowest BCUT2D eigenvalue weighted by Crippen LogP contribution is -2.51. The highest BCUT2D eigenvalue weighted by molar-refractivity contribution is 6.42. The van der Waals surface area contributed by atoms with Gasteiger partial charge in [-0.25, -0.2) is 0 Å². The molecule has 6 heteroatoms. The number of piperidine rings is 1. The zero-order valence-corrected chi connectivity index (χ0v) is 15.2. The highest BCUT2D eigenvalue weighted by Crippen LogP contribution is 2.24. The zero-order chi connectivity index (χ0) is 17.0. The number of rotatable bonds is 5. The average molecular weight is 358 g/mol. The molecule has 1 aromatic carbocycles. The van der Waals surface area contributed by atoms with Gasteiger partial charge in [0, 0.05) is 25.7 Å². The van der Waals surface area contributed by atoms with Crippen molar-refractivity contribution in [2.24, 2.45) is 11.7 Å². The maximum atomic E-state index is 12.0. The van der Waals surface area contributed by atoms with Crippen LogP contribution in [-0.4, -0.2) is 36.0 Å². The van der Waals surface area contributed by atoms with Gasteiger partial charge in [0.1, 0.15) is 0 Å². The molecule has 1 aliphatic rings. The number of benzene rings is 1. The molecule has 0 spiro atoms. The first kappa shape index (κ1) is 18.5. The largest absolute Gasteiger partial charge is 0.352 e. The lowest BCUT2D eigenvalue weighted by Gasteiger charge is -2.33. The van der Waals surface area contributed by atoms with E-state index in [0.717, 1.165) is 38.0 Å². The number of carbonyl (C=O) groups is 1. The van der Waals surface area contributed by atoms with Gasteiger partial charge in [-0.05, 0) is 36.5 Å². The monoisotopic (exact) mass is 357 g/mol. The minimum atomic E-state index is -0.427. The van der Waals surface area contributed by atoms with Gasteiger partial charge >= 0.3 is 0 Å². The van der Waals surface area contributed by atoms with Crippen molar-refractivity contribution in [2.45, 2.75) is 45.3 Å². The third kappa shape index (κ3) is 5.35. The molecule has 1 aromatic rings. The maximum absolute atomic E-state index is 12.0. The van der Waals surface area contributed by atoms with E-state index in [2.05, 4.69) is 10.2 Å². The van der Waals surface area contributed by atoms with Crippen LogP contribution in [0.25, 0.3) is 0 Å². The predicted octanol–water partition coefficient (Wildman–Crippen LogP) is 3.06. The highest BCUT2D eigenvalue weighted by Gasteiger charge is 2.24. The van der Waals surface area contributed by atoms with Gasteiger partial charge in [-0.1, -0.05) is 43.1 Å². The fourth-order valence-corrected chi connectivity index (χ4v) is 3.05. The van der Waals surface area contributed by atoms with Crippen LogP contribution in [0, 0.1) is 5.92 Å². The fourth-order valence-electron chi connectivity index (χ4n) is 2.73. The van der Waals surface area contributed by atoms with Gasteiger partial charge < -0.3 is 11.1 Å². The molecular formula is C17H25Cl2N3O. The zero-order valence-electron chi connectivity index (χ0n) is 13.7. The Morgan fingerprint density at radius 2 is 1.96 bits per heavy atom. The van der Waals surface area contributed by atoms with E-state index in [0.29, 0.717) is 10.0 Å². The highest BCUT2D eigenvalue weighted by atomic mass is 35.5. The third-order valence-electron chi connectivity index (χ3n) is 4.35. The fraction of sp³-hybridized carbons (Fsp3) is 0.588. The van der Waals surface area contributed by atoms with Crippen molar-refractivity contribution < 1.29 is 4.79 Å². The van der Waals surface area contributed by atoms with Crippen molar-refractivity contribution in [3.8, 4) is 0 Å². The molecule has 4 nitrogen and oxygen atoms in total. The van der Waals surface area contributed by atoms with E-state index in [-0.39, 0.29) is 17.9 Å². The molecule has 128 valence electrons. The number of nitrogens with one attached hydrogen (secondary N) is 1. The number of halogens is 2. The minimum Gasteiger partial charge on any atom is -0.352 e.